The molecule has 0 radical (unpaired) electrons. The van der Waals surface area contributed by atoms with E-state index in [-0.39, 0.29) is 35.0 Å². The first-order chi connectivity index (χ1) is 31.7. The van der Waals surface area contributed by atoms with Crippen molar-refractivity contribution < 1.29 is 24.2 Å². The van der Waals surface area contributed by atoms with E-state index in [0.29, 0.717) is 30.4 Å². The normalized spacial score (nSPS) is 21.0. The third kappa shape index (κ3) is 15.5. The number of carbonyl (C=O) groups excluding carboxylic acids is 3. The summed E-state index contributed by atoms with van der Waals surface area (Å²) < 4.78 is 6.09. The van der Waals surface area contributed by atoms with Crippen molar-refractivity contribution >= 4 is 17.6 Å². The van der Waals surface area contributed by atoms with Gasteiger partial charge in [-0.15, -0.1) is 0 Å². The highest BCUT2D eigenvalue weighted by atomic mass is 16.5. The lowest BCUT2D eigenvalue weighted by atomic mass is 9.69. The van der Waals surface area contributed by atoms with Gasteiger partial charge in [-0.2, -0.15) is 0 Å². The van der Waals surface area contributed by atoms with Gasteiger partial charge in [-0.3, -0.25) is 19.7 Å². The number of phenolic OH excluding ortho intramolecular Hbond substituents is 1. The molecule has 0 bridgehead atoms. The van der Waals surface area contributed by atoms with Crippen LogP contribution in [0.2, 0.25) is 0 Å². The molecule has 5 unspecified atom stereocenters. The highest BCUT2D eigenvalue weighted by Gasteiger charge is 2.38. The van der Waals surface area contributed by atoms with Gasteiger partial charge < -0.3 is 9.84 Å². The van der Waals surface area contributed by atoms with E-state index < -0.39 is 0 Å². The van der Waals surface area contributed by atoms with E-state index >= 15 is 0 Å². The average Bonchev–Trinajstić information content (AvgIpc) is 3.74. The average molecular weight is 900 g/mol. The van der Waals surface area contributed by atoms with Crippen molar-refractivity contribution in [3.63, 3.8) is 0 Å². The molecule has 0 aromatic heterocycles. The molecule has 2 N–H and O–H groups in total. The van der Waals surface area contributed by atoms with Gasteiger partial charge in [0.1, 0.15) is 5.75 Å². The second-order valence-electron chi connectivity index (χ2n) is 19.6. The number of ether oxygens (including phenoxy) is 1. The first-order valence-electron chi connectivity index (χ1n) is 25.8. The standard InChI is InChI=1S/C23H22O.C18H28O.C13H26O.C6H9NO2/c1-16-7-9-18(10-8-16)23-21(17-5-3-2-4-6-17)13-11-19-15-20(24)12-14-22(19)23;1-6-9-10-16-12-17(18(19)13(4)5)15(8-3)11-14(16)7-2;1-4-7-9-13(8-5-2)10-12(6-3)11-14-13;1-4-2-3-5(8)7-6(4)9/h2-10,12,14-15,21,23-24H,11,13H2,1H3;11-13H,6-10H2,1-5H3;12H,4-11H2,1-3H3;4H,2-3H2,1H3,(H,7,8,9). The first-order valence-corrected chi connectivity index (χ1v) is 25.8. The van der Waals surface area contributed by atoms with Crippen LogP contribution >= 0.6 is 0 Å². The zero-order valence-corrected chi connectivity index (χ0v) is 42.6. The van der Waals surface area contributed by atoms with E-state index in [2.05, 4.69) is 127 Å². The third-order valence-electron chi connectivity index (χ3n) is 14.1. The molecule has 4 aromatic carbocycles. The molecular formula is C60H85NO5. The monoisotopic (exact) mass is 900 g/mol. The number of piperidine rings is 1. The van der Waals surface area contributed by atoms with Crippen LogP contribution in [0.4, 0.5) is 0 Å². The minimum absolute atomic E-state index is 0.0164. The molecule has 4 aromatic rings. The number of fused-ring (bicyclic) bond motifs is 1. The molecule has 0 saturated carbocycles. The number of aryl methyl sites for hydroxylation is 5. The second kappa shape index (κ2) is 27.3. The largest absolute Gasteiger partial charge is 0.508 e. The fourth-order valence-corrected chi connectivity index (χ4v) is 9.98. The lowest BCUT2D eigenvalue weighted by molar-refractivity contribution is -0.135. The number of nitrogens with one attached hydrogen (secondary N) is 1. The Labute approximate surface area is 400 Å². The lowest BCUT2D eigenvalue weighted by Crippen LogP contribution is -2.39. The van der Waals surface area contributed by atoms with Crippen LogP contribution in [0.15, 0.2) is 84.9 Å². The number of unbranched alkanes of at least 4 members (excludes halogenated alkanes) is 2. The molecule has 0 spiro atoms. The number of hydrogen-bond acceptors (Lipinski definition) is 5. The summed E-state index contributed by atoms with van der Waals surface area (Å²) in [5, 5.41) is 12.1. The molecule has 6 nitrogen and oxygen atoms in total. The zero-order valence-electron chi connectivity index (χ0n) is 42.6. The number of rotatable bonds is 15. The van der Waals surface area contributed by atoms with Crippen LogP contribution in [0, 0.1) is 24.7 Å². The highest BCUT2D eigenvalue weighted by molar-refractivity contribution is 5.99. The van der Waals surface area contributed by atoms with Crippen LogP contribution in [-0.4, -0.2) is 34.9 Å². The first kappa shape index (κ1) is 54.1. The molecule has 1 aliphatic carbocycles. The molecule has 360 valence electrons. The summed E-state index contributed by atoms with van der Waals surface area (Å²) in [5.41, 5.74) is 11.9. The Morgan fingerprint density at radius 3 is 2.05 bits per heavy atom. The molecule has 66 heavy (non-hydrogen) atoms. The van der Waals surface area contributed by atoms with Gasteiger partial charge in [0.25, 0.3) is 0 Å². The Hall–Kier alpha value is -4.55. The number of imide groups is 1. The van der Waals surface area contributed by atoms with Gasteiger partial charge in [0.2, 0.25) is 11.8 Å². The maximum absolute atomic E-state index is 12.3. The Morgan fingerprint density at radius 1 is 0.773 bits per heavy atom. The highest BCUT2D eigenvalue weighted by Crippen LogP contribution is 2.47. The molecule has 2 amide bonds. The van der Waals surface area contributed by atoms with Gasteiger partial charge in [-0.05, 0) is 140 Å². The number of phenols is 1. The van der Waals surface area contributed by atoms with Gasteiger partial charge in [0, 0.05) is 29.7 Å². The fraction of sp³-hybridized carbons (Fsp3) is 0.550. The third-order valence-corrected chi connectivity index (χ3v) is 14.1. The predicted molar refractivity (Wildman–Crippen MR) is 275 cm³/mol. The Bertz CT molecular complexity index is 2110. The second-order valence-corrected chi connectivity index (χ2v) is 19.6. The lowest BCUT2D eigenvalue weighted by Gasteiger charge is -2.34. The summed E-state index contributed by atoms with van der Waals surface area (Å²) in [7, 11) is 0. The molecule has 7 rings (SSSR count). The SMILES string of the molecule is CC1CCC(=O)NC1=O.CCCCC1(CCC)CC(CC)CO1.CCCCc1cc(C(=O)C(C)C)c(CC)cc1CC.Cc1ccc(C2c3ccc(O)cc3CCC2c2ccccc2)cc1. The van der Waals surface area contributed by atoms with Crippen molar-refractivity contribution in [2.24, 2.45) is 17.8 Å². The smallest absolute Gasteiger partial charge is 0.229 e. The minimum atomic E-state index is -0.141. The number of hydrogen-bond donors (Lipinski definition) is 2. The Kier molecular flexibility index (Phi) is 22.4. The van der Waals surface area contributed by atoms with E-state index in [9.17, 15) is 19.5 Å². The maximum atomic E-state index is 12.3. The van der Waals surface area contributed by atoms with E-state index in [4.69, 9.17) is 4.74 Å². The molecule has 6 heteroatoms. The van der Waals surface area contributed by atoms with Gasteiger partial charge in [-0.25, -0.2) is 0 Å². The number of amides is 2. The molecule has 3 aliphatic rings. The number of carbonyl (C=O) groups is 3. The molecule has 2 heterocycles. The van der Waals surface area contributed by atoms with Crippen molar-refractivity contribution in [1.29, 1.82) is 0 Å². The van der Waals surface area contributed by atoms with E-state index in [1.807, 2.05) is 32.9 Å². The van der Waals surface area contributed by atoms with Crippen LogP contribution in [0.25, 0.3) is 0 Å². The van der Waals surface area contributed by atoms with Gasteiger partial charge in [0.05, 0.1) is 12.2 Å². The number of aromatic hydroxyl groups is 1. The van der Waals surface area contributed by atoms with Crippen molar-refractivity contribution in [3.05, 3.63) is 135 Å². The Balaban J connectivity index is 0.000000203. The summed E-state index contributed by atoms with van der Waals surface area (Å²) in [6.45, 7) is 22.3. The minimum Gasteiger partial charge on any atom is -0.508 e. The van der Waals surface area contributed by atoms with E-state index in [0.717, 1.165) is 50.2 Å². The van der Waals surface area contributed by atoms with Gasteiger partial charge in [0.15, 0.2) is 5.78 Å². The summed E-state index contributed by atoms with van der Waals surface area (Å²) in [4.78, 5) is 33.5. The van der Waals surface area contributed by atoms with Gasteiger partial charge >= 0.3 is 0 Å². The summed E-state index contributed by atoms with van der Waals surface area (Å²) >= 11 is 0. The molecule has 2 saturated heterocycles. The number of benzene rings is 4. The quantitative estimate of drug-likeness (QED) is 0.0916. The number of Topliss-reactive ketones (excluding diaryl/α,β-unsaturated/α-hetero) is 1. The topological polar surface area (TPSA) is 92.7 Å². The van der Waals surface area contributed by atoms with Crippen molar-refractivity contribution in [1.82, 2.24) is 5.32 Å². The van der Waals surface area contributed by atoms with Crippen molar-refractivity contribution in [2.75, 3.05) is 6.61 Å². The number of ketones is 1. The van der Waals surface area contributed by atoms with Crippen LogP contribution < -0.4 is 5.32 Å². The van der Waals surface area contributed by atoms with Crippen LogP contribution in [0.1, 0.15) is 206 Å². The predicted octanol–water partition coefficient (Wildman–Crippen LogP) is 14.8. The summed E-state index contributed by atoms with van der Waals surface area (Å²) in [5.74, 6) is 2.14. The van der Waals surface area contributed by atoms with Crippen LogP contribution in [0.3, 0.4) is 0 Å². The fourth-order valence-electron chi connectivity index (χ4n) is 9.98. The molecular weight excluding hydrogens is 815 g/mol. The van der Waals surface area contributed by atoms with Crippen molar-refractivity contribution in [3.8, 4) is 5.75 Å². The summed E-state index contributed by atoms with van der Waals surface area (Å²) in [6, 6.07) is 30.1. The van der Waals surface area contributed by atoms with Crippen LogP contribution in [-0.2, 0) is 40.0 Å². The maximum Gasteiger partial charge on any atom is 0.229 e. The summed E-state index contributed by atoms with van der Waals surface area (Å²) in [6.07, 6.45) is 17.9. The molecule has 2 fully saturated rings. The molecule has 2 aliphatic heterocycles. The van der Waals surface area contributed by atoms with Gasteiger partial charge in [-0.1, -0.05) is 167 Å². The molecule has 5 atom stereocenters. The van der Waals surface area contributed by atoms with E-state index in [1.165, 1.54) is 102 Å². The zero-order chi connectivity index (χ0) is 48.2. The van der Waals surface area contributed by atoms with Crippen molar-refractivity contribution in [2.45, 2.75) is 189 Å². The van der Waals surface area contributed by atoms with Crippen LogP contribution in [0.5, 0.6) is 5.75 Å². The Morgan fingerprint density at radius 2 is 1.47 bits per heavy atom. The van der Waals surface area contributed by atoms with E-state index in [1.54, 1.807) is 0 Å².